The van der Waals surface area contributed by atoms with E-state index in [0.717, 1.165) is 0 Å². The molecule has 0 bridgehead atoms. The van der Waals surface area contributed by atoms with Gasteiger partial charge in [-0.3, -0.25) is 0 Å². The Bertz CT molecular complexity index is 3280. The summed E-state index contributed by atoms with van der Waals surface area (Å²) in [7, 11) is -3.91. The van der Waals surface area contributed by atoms with Gasteiger partial charge in [0, 0.05) is 16.2 Å². The highest BCUT2D eigenvalue weighted by Crippen LogP contribution is 2.49. The van der Waals surface area contributed by atoms with Crippen LogP contribution in [0.5, 0.6) is 11.5 Å². The SMILES string of the molecule is Fc1ccc(OB(Oc2c(F)c(F)c3c(F)c(F)c4c(F)c(F)c(F)c5c(F)c(F)c2c3c45)c2c(F)c(F)c(F)c3c(F)c4c(F)c(F)c(F)c(F)c4c(F)c23)c(F)c1F. The van der Waals surface area contributed by atoms with Crippen molar-refractivity contribution < 1.29 is 102 Å². The molecular weight excluding hydrogens is 874 g/mol. The van der Waals surface area contributed by atoms with Gasteiger partial charge in [0.25, 0.3) is 0 Å². The number of fused-ring (bicyclic) bond motifs is 2. The molecule has 0 heterocycles. The van der Waals surface area contributed by atoms with Gasteiger partial charge in [-0.1, -0.05) is 0 Å². The third-order valence-corrected chi connectivity index (χ3v) is 9.38. The van der Waals surface area contributed by atoms with Gasteiger partial charge >= 0.3 is 7.12 Å². The van der Waals surface area contributed by atoms with E-state index in [2.05, 4.69) is 0 Å². The lowest BCUT2D eigenvalue weighted by molar-refractivity contribution is 0.377. The topological polar surface area (TPSA) is 18.5 Å². The quantitative estimate of drug-likeness (QED) is 0.0428. The van der Waals surface area contributed by atoms with Crippen molar-refractivity contribution in [1.82, 2.24) is 0 Å². The van der Waals surface area contributed by atoms with Crippen LogP contribution < -0.4 is 14.8 Å². The number of hydrogen-bond donors (Lipinski definition) is 0. The largest absolute Gasteiger partial charge is 0.636 e. The number of benzene rings is 8. The molecule has 0 aliphatic rings. The summed E-state index contributed by atoms with van der Waals surface area (Å²) in [5.41, 5.74) is -2.47. The van der Waals surface area contributed by atoms with Crippen molar-refractivity contribution in [1.29, 1.82) is 0 Å². The van der Waals surface area contributed by atoms with Crippen LogP contribution >= 0.6 is 0 Å². The van der Waals surface area contributed by atoms with Crippen LogP contribution in [0, 0.1) is 122 Å². The van der Waals surface area contributed by atoms with E-state index < -0.39 is 200 Å². The fourth-order valence-corrected chi connectivity index (χ4v) is 6.80. The van der Waals surface area contributed by atoms with Gasteiger partial charge < -0.3 is 9.31 Å². The fourth-order valence-electron chi connectivity index (χ4n) is 6.80. The second-order valence-electron chi connectivity index (χ2n) is 12.4. The molecule has 308 valence electrons. The summed E-state index contributed by atoms with van der Waals surface area (Å²) in [6, 6.07) is -0.0536. The fraction of sp³-hybridized carbons (Fsp3) is 0. The minimum Gasteiger partial charge on any atom is -0.520 e. The van der Waals surface area contributed by atoms with Crippen molar-refractivity contribution in [3.8, 4) is 11.5 Å². The van der Waals surface area contributed by atoms with Gasteiger partial charge in [-0.25, -0.2) is 83.4 Å². The summed E-state index contributed by atoms with van der Waals surface area (Å²) >= 11 is 0. The van der Waals surface area contributed by atoms with Crippen LogP contribution in [0.2, 0.25) is 0 Å². The number of hydrogen-bond acceptors (Lipinski definition) is 2. The summed E-state index contributed by atoms with van der Waals surface area (Å²) in [6.45, 7) is 0. The van der Waals surface area contributed by atoms with E-state index >= 15 is 52.7 Å². The minimum atomic E-state index is -3.91. The Morgan fingerprint density at radius 3 is 1.07 bits per heavy atom. The standard InChI is InChI=1S/C36H2BF21O2/c38-3-1-2-4(17(40)16(3)39)59-37(15-7-11(25(48)32(55)30(15)53)19(42)13-12(18(7)41)26(49)33(56)34(57)27(13)50)60-36-14-6-5-8(20(43)21(44)10(6)28(51)35(36)58)23(46)31(54)24(47)9(5)22(45)29(14)52/h1-2H. The van der Waals surface area contributed by atoms with Gasteiger partial charge in [0.2, 0.25) is 5.82 Å². The second kappa shape index (κ2) is 13.3. The van der Waals surface area contributed by atoms with E-state index in [4.69, 9.17) is 9.31 Å². The van der Waals surface area contributed by atoms with Crippen molar-refractivity contribution in [3.63, 3.8) is 0 Å². The predicted molar refractivity (Wildman–Crippen MR) is 164 cm³/mol. The van der Waals surface area contributed by atoms with Crippen LogP contribution in [-0.2, 0) is 0 Å². The molecule has 0 radical (unpaired) electrons. The lowest BCUT2D eigenvalue weighted by Gasteiger charge is -2.24. The summed E-state index contributed by atoms with van der Waals surface area (Å²) < 4.78 is 328. The first kappa shape index (κ1) is 40.3. The van der Waals surface area contributed by atoms with Crippen molar-refractivity contribution >= 4 is 66.4 Å². The first-order chi connectivity index (χ1) is 28.1. The minimum absolute atomic E-state index is 0.0107. The van der Waals surface area contributed by atoms with Crippen LogP contribution in [0.4, 0.5) is 92.2 Å². The molecule has 0 spiro atoms. The third kappa shape index (κ3) is 4.98. The number of halogens is 21. The number of rotatable bonds is 5. The van der Waals surface area contributed by atoms with Crippen LogP contribution in [-0.4, -0.2) is 7.12 Å². The molecule has 2 nitrogen and oxygen atoms in total. The molecule has 0 aliphatic heterocycles. The smallest absolute Gasteiger partial charge is 0.520 e. The molecule has 0 aliphatic carbocycles. The second-order valence-corrected chi connectivity index (χ2v) is 12.4. The molecule has 0 atom stereocenters. The Kier molecular flexibility index (Phi) is 8.91. The van der Waals surface area contributed by atoms with Gasteiger partial charge in [0.1, 0.15) is 17.4 Å². The lowest BCUT2D eigenvalue weighted by Crippen LogP contribution is -2.46. The first-order valence-electron chi connectivity index (χ1n) is 15.5. The molecule has 8 rings (SSSR count). The highest BCUT2D eigenvalue weighted by atomic mass is 19.2. The summed E-state index contributed by atoms with van der Waals surface area (Å²) in [6.07, 6.45) is 0. The Hall–Kier alpha value is -6.49. The Morgan fingerprint density at radius 2 is 0.583 bits per heavy atom. The van der Waals surface area contributed by atoms with Crippen LogP contribution in [0.3, 0.4) is 0 Å². The molecule has 8 aromatic carbocycles. The maximum atomic E-state index is 16.3. The Labute approximate surface area is 314 Å². The van der Waals surface area contributed by atoms with Crippen molar-refractivity contribution in [3.05, 3.63) is 134 Å². The normalized spacial score (nSPS) is 12.1. The third-order valence-electron chi connectivity index (χ3n) is 9.38. The van der Waals surface area contributed by atoms with Gasteiger partial charge in [0.15, 0.2) is 110 Å². The molecule has 0 N–H and O–H groups in total. The highest BCUT2D eigenvalue weighted by molar-refractivity contribution is 6.66. The summed E-state index contributed by atoms with van der Waals surface area (Å²) in [5, 5.41) is -21.9. The van der Waals surface area contributed by atoms with E-state index in [1.165, 1.54) is 0 Å². The zero-order valence-corrected chi connectivity index (χ0v) is 27.5. The van der Waals surface area contributed by atoms with Gasteiger partial charge in [-0.15, -0.1) is 0 Å². The monoisotopic (exact) mass is 876 g/mol. The lowest BCUT2D eigenvalue weighted by atomic mass is 9.73. The van der Waals surface area contributed by atoms with Gasteiger partial charge in [-0.05, 0) is 12.1 Å². The van der Waals surface area contributed by atoms with Crippen molar-refractivity contribution in [2.75, 3.05) is 0 Å². The van der Waals surface area contributed by atoms with Crippen LogP contribution in [0.1, 0.15) is 0 Å². The maximum absolute atomic E-state index is 16.3. The molecule has 0 aromatic heterocycles. The molecule has 8 aromatic rings. The molecule has 0 amide bonds. The zero-order valence-electron chi connectivity index (χ0n) is 27.5. The van der Waals surface area contributed by atoms with Gasteiger partial charge in [0.05, 0.1) is 43.2 Å². The van der Waals surface area contributed by atoms with Crippen molar-refractivity contribution in [2.45, 2.75) is 0 Å². The first-order valence-corrected chi connectivity index (χ1v) is 15.5. The molecule has 0 fully saturated rings. The van der Waals surface area contributed by atoms with E-state index in [0.29, 0.717) is 0 Å². The maximum Gasteiger partial charge on any atom is 0.636 e. The molecular formula is C36H2BF21O2. The average molecular weight is 876 g/mol. The summed E-state index contributed by atoms with van der Waals surface area (Å²) in [4.78, 5) is 0. The van der Waals surface area contributed by atoms with E-state index in [1.54, 1.807) is 0 Å². The molecule has 0 saturated heterocycles. The van der Waals surface area contributed by atoms with Crippen LogP contribution in [0.15, 0.2) is 12.1 Å². The van der Waals surface area contributed by atoms with E-state index in [-0.39, 0.29) is 12.1 Å². The summed E-state index contributed by atoms with van der Waals surface area (Å²) in [5.74, 6) is -62.8. The van der Waals surface area contributed by atoms with E-state index in [1.807, 2.05) is 0 Å². The molecule has 0 saturated carbocycles. The predicted octanol–water partition coefficient (Wildman–Crippen LogP) is 11.7. The molecule has 0 unspecified atom stereocenters. The zero-order chi connectivity index (χ0) is 44.0. The van der Waals surface area contributed by atoms with E-state index in [9.17, 15) is 39.5 Å². The Morgan fingerprint density at radius 1 is 0.250 bits per heavy atom. The van der Waals surface area contributed by atoms with Gasteiger partial charge in [-0.2, -0.15) is 8.78 Å². The molecule has 24 heteroatoms. The highest BCUT2D eigenvalue weighted by Gasteiger charge is 2.44. The Balaban J connectivity index is 1.57. The van der Waals surface area contributed by atoms with Crippen molar-refractivity contribution in [2.24, 2.45) is 0 Å². The average Bonchev–Trinajstić information content (AvgIpc) is 3.21. The van der Waals surface area contributed by atoms with Crippen LogP contribution in [0.25, 0.3) is 53.9 Å². The molecule has 60 heavy (non-hydrogen) atoms.